The number of nitrogens with zero attached hydrogens (tertiary/aromatic N) is 1. The van der Waals surface area contributed by atoms with E-state index >= 15 is 0 Å². The Morgan fingerprint density at radius 3 is 2.56 bits per heavy atom. The molecule has 0 aromatic heterocycles. The van der Waals surface area contributed by atoms with Gasteiger partial charge in [0.25, 0.3) is 0 Å². The van der Waals surface area contributed by atoms with Crippen LogP contribution in [0.2, 0.25) is 0 Å². The van der Waals surface area contributed by atoms with Gasteiger partial charge in [-0.1, -0.05) is 43.7 Å². The molecule has 2 rings (SSSR count). The lowest BCUT2D eigenvalue weighted by Crippen LogP contribution is -2.36. The molecule has 2 nitrogen and oxygen atoms in total. The Bertz CT molecular complexity index is 317. The summed E-state index contributed by atoms with van der Waals surface area (Å²) in [6.07, 6.45) is 4.20. The van der Waals surface area contributed by atoms with Crippen LogP contribution in [0.15, 0.2) is 30.3 Å². The van der Waals surface area contributed by atoms with Crippen molar-refractivity contribution < 1.29 is 0 Å². The maximum atomic E-state index is 3.59. The summed E-state index contributed by atoms with van der Waals surface area (Å²) in [6.45, 7) is 8.31. The Balaban J connectivity index is 1.60. The van der Waals surface area contributed by atoms with Crippen LogP contribution in [0.25, 0.3) is 0 Å². The number of hydrogen-bond acceptors (Lipinski definition) is 2. The summed E-state index contributed by atoms with van der Waals surface area (Å²) in [4.78, 5) is 2.59. The van der Waals surface area contributed by atoms with Crippen LogP contribution in [0.3, 0.4) is 0 Å². The molecule has 1 unspecified atom stereocenters. The van der Waals surface area contributed by atoms with Gasteiger partial charge in [-0.2, -0.15) is 0 Å². The molecule has 1 aromatic carbocycles. The van der Waals surface area contributed by atoms with E-state index in [2.05, 4.69) is 47.5 Å². The lowest BCUT2D eigenvalue weighted by atomic mass is 10.0. The van der Waals surface area contributed by atoms with Gasteiger partial charge in [-0.05, 0) is 37.4 Å². The first-order valence-corrected chi connectivity index (χ1v) is 7.34. The topological polar surface area (TPSA) is 15.3 Å². The van der Waals surface area contributed by atoms with Crippen LogP contribution < -0.4 is 5.32 Å². The summed E-state index contributed by atoms with van der Waals surface area (Å²) in [5.41, 5.74) is 1.43. The second-order valence-electron chi connectivity index (χ2n) is 5.42. The van der Waals surface area contributed by atoms with Crippen molar-refractivity contribution in [2.24, 2.45) is 0 Å². The van der Waals surface area contributed by atoms with Gasteiger partial charge in [0, 0.05) is 19.6 Å². The first-order valence-electron chi connectivity index (χ1n) is 7.34. The maximum absolute atomic E-state index is 3.59. The van der Waals surface area contributed by atoms with Crippen molar-refractivity contribution in [3.05, 3.63) is 35.9 Å². The highest BCUT2D eigenvalue weighted by atomic mass is 15.1. The molecule has 1 fully saturated rings. The molecule has 1 heterocycles. The van der Waals surface area contributed by atoms with E-state index in [-0.39, 0.29) is 0 Å². The minimum absolute atomic E-state index is 0.604. The third kappa shape index (κ3) is 4.43. The van der Waals surface area contributed by atoms with Crippen LogP contribution in [-0.2, 0) is 0 Å². The minimum atomic E-state index is 0.604. The predicted octanol–water partition coefficient (Wildman–Crippen LogP) is 2.87. The van der Waals surface area contributed by atoms with Gasteiger partial charge >= 0.3 is 0 Å². The molecular weight excluding hydrogens is 220 g/mol. The smallest absolute Gasteiger partial charge is 0.0107 e. The van der Waals surface area contributed by atoms with Gasteiger partial charge in [0.2, 0.25) is 0 Å². The summed E-state index contributed by atoms with van der Waals surface area (Å²) in [5, 5.41) is 3.59. The Labute approximate surface area is 111 Å². The average molecular weight is 246 g/mol. The number of likely N-dealkylation sites (tertiary alicyclic amines) is 1. The molecule has 1 aromatic rings. The summed E-state index contributed by atoms with van der Waals surface area (Å²) in [7, 11) is 0. The van der Waals surface area contributed by atoms with Crippen molar-refractivity contribution in [3.63, 3.8) is 0 Å². The second kappa shape index (κ2) is 7.55. The molecule has 0 amide bonds. The maximum Gasteiger partial charge on any atom is 0.0107 e. The first-order chi connectivity index (χ1) is 8.86. The number of benzene rings is 1. The van der Waals surface area contributed by atoms with Crippen LogP contribution in [0.5, 0.6) is 0 Å². The molecule has 0 bridgehead atoms. The van der Waals surface area contributed by atoms with E-state index in [0.717, 1.165) is 13.1 Å². The van der Waals surface area contributed by atoms with Crippen LogP contribution in [-0.4, -0.2) is 37.6 Å². The van der Waals surface area contributed by atoms with E-state index in [1.165, 1.54) is 44.5 Å². The summed E-state index contributed by atoms with van der Waals surface area (Å²) < 4.78 is 0. The Morgan fingerprint density at radius 1 is 1.11 bits per heavy atom. The van der Waals surface area contributed by atoms with Crippen molar-refractivity contribution >= 4 is 0 Å². The lowest BCUT2D eigenvalue weighted by molar-refractivity contribution is 0.229. The molecule has 18 heavy (non-hydrogen) atoms. The van der Waals surface area contributed by atoms with Gasteiger partial charge < -0.3 is 10.2 Å². The number of nitrogens with one attached hydrogen (secondary N) is 1. The van der Waals surface area contributed by atoms with E-state index in [1.54, 1.807) is 0 Å². The van der Waals surface area contributed by atoms with E-state index in [9.17, 15) is 0 Å². The lowest BCUT2D eigenvalue weighted by Gasteiger charge is -2.26. The SMILES string of the molecule is CC(CNCCN1CCCCC1)c1ccccc1. The molecule has 1 aliphatic heterocycles. The van der Waals surface area contributed by atoms with Gasteiger partial charge in [-0.25, -0.2) is 0 Å². The van der Waals surface area contributed by atoms with Crippen molar-refractivity contribution in [1.29, 1.82) is 0 Å². The van der Waals surface area contributed by atoms with Gasteiger partial charge in [0.1, 0.15) is 0 Å². The quantitative estimate of drug-likeness (QED) is 0.777. The molecule has 0 saturated carbocycles. The van der Waals surface area contributed by atoms with Crippen LogP contribution >= 0.6 is 0 Å². The van der Waals surface area contributed by atoms with Crippen molar-refractivity contribution in [2.75, 3.05) is 32.7 Å². The van der Waals surface area contributed by atoms with Crippen molar-refractivity contribution in [2.45, 2.75) is 32.1 Å². The highest BCUT2D eigenvalue weighted by Crippen LogP contribution is 2.13. The van der Waals surface area contributed by atoms with E-state index in [1.807, 2.05) is 0 Å². The molecule has 1 aliphatic rings. The zero-order valence-corrected chi connectivity index (χ0v) is 11.6. The third-order valence-corrected chi connectivity index (χ3v) is 3.87. The van der Waals surface area contributed by atoms with Gasteiger partial charge in [-0.3, -0.25) is 0 Å². The van der Waals surface area contributed by atoms with Crippen LogP contribution in [0.1, 0.15) is 37.7 Å². The standard InChI is InChI=1S/C16H26N2/c1-15(16-8-4-2-5-9-16)14-17-10-13-18-11-6-3-7-12-18/h2,4-5,8-9,15,17H,3,6-7,10-14H2,1H3. The highest BCUT2D eigenvalue weighted by Gasteiger charge is 2.09. The number of hydrogen-bond donors (Lipinski definition) is 1. The van der Waals surface area contributed by atoms with Gasteiger partial charge in [0.05, 0.1) is 0 Å². The fourth-order valence-corrected chi connectivity index (χ4v) is 2.64. The summed E-state index contributed by atoms with van der Waals surface area (Å²) in [6, 6.07) is 10.8. The molecule has 100 valence electrons. The molecule has 0 radical (unpaired) electrons. The fraction of sp³-hybridized carbons (Fsp3) is 0.625. The van der Waals surface area contributed by atoms with E-state index < -0.39 is 0 Å². The van der Waals surface area contributed by atoms with Crippen molar-refractivity contribution in [3.8, 4) is 0 Å². The first kappa shape index (κ1) is 13.6. The molecular formula is C16H26N2. The zero-order chi connectivity index (χ0) is 12.6. The van der Waals surface area contributed by atoms with Gasteiger partial charge in [0.15, 0.2) is 0 Å². The number of piperidine rings is 1. The van der Waals surface area contributed by atoms with Crippen molar-refractivity contribution in [1.82, 2.24) is 10.2 Å². The molecule has 0 spiro atoms. The Kier molecular flexibility index (Phi) is 5.69. The molecule has 0 aliphatic carbocycles. The molecule has 1 N–H and O–H groups in total. The zero-order valence-electron chi connectivity index (χ0n) is 11.6. The van der Waals surface area contributed by atoms with Gasteiger partial charge in [-0.15, -0.1) is 0 Å². The molecule has 1 saturated heterocycles. The molecule has 2 heteroatoms. The second-order valence-corrected chi connectivity index (χ2v) is 5.42. The third-order valence-electron chi connectivity index (χ3n) is 3.87. The Morgan fingerprint density at radius 2 is 1.83 bits per heavy atom. The van der Waals surface area contributed by atoms with Crippen LogP contribution in [0, 0.1) is 0 Å². The highest BCUT2D eigenvalue weighted by molar-refractivity contribution is 5.18. The largest absolute Gasteiger partial charge is 0.315 e. The fourth-order valence-electron chi connectivity index (χ4n) is 2.64. The normalized spacial score (nSPS) is 18.7. The predicted molar refractivity (Wildman–Crippen MR) is 78.0 cm³/mol. The van der Waals surface area contributed by atoms with E-state index in [0.29, 0.717) is 5.92 Å². The minimum Gasteiger partial charge on any atom is -0.315 e. The monoisotopic (exact) mass is 246 g/mol. The van der Waals surface area contributed by atoms with E-state index in [4.69, 9.17) is 0 Å². The number of rotatable bonds is 6. The molecule has 1 atom stereocenters. The van der Waals surface area contributed by atoms with Crippen LogP contribution in [0.4, 0.5) is 0 Å². The Hall–Kier alpha value is -0.860. The summed E-state index contributed by atoms with van der Waals surface area (Å²) in [5.74, 6) is 0.604. The summed E-state index contributed by atoms with van der Waals surface area (Å²) >= 11 is 0. The average Bonchev–Trinajstić information content (AvgIpc) is 2.45.